The molecule has 19 heavy (non-hydrogen) atoms. The van der Waals surface area contributed by atoms with Crippen LogP contribution in [0.3, 0.4) is 0 Å². The van der Waals surface area contributed by atoms with E-state index in [1.54, 1.807) is 7.05 Å². The topological polar surface area (TPSA) is 58.2 Å². The fraction of sp³-hybridized carbons (Fsp3) is 0.400. The molecule has 0 aliphatic heterocycles. The molecule has 0 amide bonds. The van der Waals surface area contributed by atoms with Crippen molar-refractivity contribution in [2.45, 2.75) is 11.3 Å². The monoisotopic (exact) mass is 318 g/mol. The van der Waals surface area contributed by atoms with Crippen LogP contribution in [-0.4, -0.2) is 28.6 Å². The molecule has 9 heteroatoms. The lowest BCUT2D eigenvalue weighted by molar-refractivity contribution is 0.431. The predicted molar refractivity (Wildman–Crippen MR) is 67.3 cm³/mol. The Bertz CT molecular complexity index is 526. The van der Waals surface area contributed by atoms with E-state index in [-0.39, 0.29) is 19.0 Å². The molecule has 0 bridgehead atoms. The molecule has 1 aromatic carbocycles. The number of hydrogen-bond acceptors (Lipinski definition) is 3. The van der Waals surface area contributed by atoms with Gasteiger partial charge in [-0.3, -0.25) is 0 Å². The molecule has 0 saturated carbocycles. The summed E-state index contributed by atoms with van der Waals surface area (Å²) in [6.45, 7) is 0.643. The zero-order valence-electron chi connectivity index (χ0n) is 10.0. The van der Waals surface area contributed by atoms with Crippen molar-refractivity contribution in [1.82, 2.24) is 10.0 Å². The number of sulfonamides is 1. The third kappa shape index (κ3) is 4.64. The SMILES string of the molecule is CNCCCNS(=O)(=O)c1ccc(F)c(F)c1F.Cl. The summed E-state index contributed by atoms with van der Waals surface area (Å²) >= 11 is 0. The minimum absolute atomic E-state index is 0. The molecule has 0 radical (unpaired) electrons. The van der Waals surface area contributed by atoms with Gasteiger partial charge in [-0.15, -0.1) is 12.4 Å². The Kier molecular flexibility index (Phi) is 7.35. The van der Waals surface area contributed by atoms with Crippen molar-refractivity contribution in [3.8, 4) is 0 Å². The van der Waals surface area contributed by atoms with Crippen LogP contribution in [0.1, 0.15) is 6.42 Å². The van der Waals surface area contributed by atoms with Crippen molar-refractivity contribution in [1.29, 1.82) is 0 Å². The molecule has 0 saturated heterocycles. The lowest BCUT2D eigenvalue weighted by Crippen LogP contribution is -2.27. The second-order valence-electron chi connectivity index (χ2n) is 3.53. The van der Waals surface area contributed by atoms with Crippen LogP contribution in [0.15, 0.2) is 17.0 Å². The zero-order valence-corrected chi connectivity index (χ0v) is 11.7. The molecule has 0 fully saturated rings. The van der Waals surface area contributed by atoms with Crippen molar-refractivity contribution >= 4 is 22.4 Å². The van der Waals surface area contributed by atoms with Crippen LogP contribution in [0, 0.1) is 17.5 Å². The summed E-state index contributed by atoms with van der Waals surface area (Å²) in [4.78, 5) is -0.897. The Morgan fingerprint density at radius 1 is 1.11 bits per heavy atom. The van der Waals surface area contributed by atoms with E-state index in [1.165, 1.54) is 0 Å². The Hall–Kier alpha value is -0.830. The van der Waals surface area contributed by atoms with Crippen molar-refractivity contribution in [2.24, 2.45) is 0 Å². The average molecular weight is 319 g/mol. The Morgan fingerprint density at radius 2 is 1.74 bits per heavy atom. The molecule has 1 rings (SSSR count). The number of benzene rings is 1. The van der Waals surface area contributed by atoms with E-state index in [9.17, 15) is 21.6 Å². The Balaban J connectivity index is 0.00000324. The van der Waals surface area contributed by atoms with E-state index >= 15 is 0 Å². The average Bonchev–Trinajstić information content (AvgIpc) is 2.31. The molecule has 2 N–H and O–H groups in total. The van der Waals surface area contributed by atoms with Crippen LogP contribution in [0.25, 0.3) is 0 Å². The molecule has 110 valence electrons. The van der Waals surface area contributed by atoms with Gasteiger partial charge in [-0.25, -0.2) is 26.3 Å². The standard InChI is InChI=1S/C10H13F3N2O2S.ClH/c1-14-5-2-6-15-18(16,17)8-4-3-7(11)9(12)10(8)13;/h3-4,14-15H,2,5-6H2,1H3;1H. The lowest BCUT2D eigenvalue weighted by atomic mass is 10.3. The lowest BCUT2D eigenvalue weighted by Gasteiger charge is -2.08. The van der Waals surface area contributed by atoms with E-state index < -0.39 is 32.4 Å². The number of hydrogen-bond donors (Lipinski definition) is 2. The quantitative estimate of drug-likeness (QED) is 0.616. The first-order valence-electron chi connectivity index (χ1n) is 5.18. The predicted octanol–water partition coefficient (Wildman–Crippen LogP) is 1.41. The summed E-state index contributed by atoms with van der Waals surface area (Å²) in [5, 5.41) is 2.80. The molecule has 0 aliphatic rings. The maximum absolute atomic E-state index is 13.3. The van der Waals surface area contributed by atoms with E-state index in [1.807, 2.05) is 0 Å². The first-order chi connectivity index (χ1) is 8.40. The van der Waals surface area contributed by atoms with Crippen LogP contribution in [-0.2, 0) is 10.0 Å². The van der Waals surface area contributed by atoms with Gasteiger partial charge in [0.15, 0.2) is 17.5 Å². The van der Waals surface area contributed by atoms with Crippen LogP contribution in [0.5, 0.6) is 0 Å². The van der Waals surface area contributed by atoms with Gasteiger partial charge < -0.3 is 5.32 Å². The zero-order chi connectivity index (χ0) is 13.8. The summed E-state index contributed by atoms with van der Waals surface area (Å²) in [7, 11) is -2.47. The summed E-state index contributed by atoms with van der Waals surface area (Å²) in [6, 6.07) is 1.26. The molecule has 0 spiro atoms. The van der Waals surface area contributed by atoms with Crippen molar-refractivity contribution in [3.05, 3.63) is 29.6 Å². The maximum Gasteiger partial charge on any atom is 0.243 e. The molecule has 0 atom stereocenters. The number of rotatable bonds is 6. The Labute approximate surface area is 115 Å². The van der Waals surface area contributed by atoms with Gasteiger partial charge >= 0.3 is 0 Å². The van der Waals surface area contributed by atoms with Gasteiger partial charge in [0.2, 0.25) is 10.0 Å². The minimum atomic E-state index is -4.17. The third-order valence-electron chi connectivity index (χ3n) is 2.18. The van der Waals surface area contributed by atoms with Gasteiger partial charge in [0.05, 0.1) is 0 Å². The van der Waals surface area contributed by atoms with Crippen LogP contribution in [0.4, 0.5) is 13.2 Å². The van der Waals surface area contributed by atoms with Crippen molar-refractivity contribution < 1.29 is 21.6 Å². The van der Waals surface area contributed by atoms with Gasteiger partial charge in [0, 0.05) is 6.54 Å². The van der Waals surface area contributed by atoms with E-state index in [4.69, 9.17) is 0 Å². The summed E-state index contributed by atoms with van der Waals surface area (Å²) in [5.41, 5.74) is 0. The normalized spacial score (nSPS) is 11.2. The fourth-order valence-corrected chi connectivity index (χ4v) is 2.41. The smallest absolute Gasteiger partial charge is 0.243 e. The highest BCUT2D eigenvalue weighted by Gasteiger charge is 2.23. The van der Waals surface area contributed by atoms with Gasteiger partial charge in [-0.1, -0.05) is 0 Å². The number of halogens is 4. The van der Waals surface area contributed by atoms with Gasteiger partial charge in [-0.2, -0.15) is 0 Å². The summed E-state index contributed by atoms with van der Waals surface area (Å²) in [6.07, 6.45) is 0.487. The molecule has 0 aliphatic carbocycles. The first kappa shape index (κ1) is 18.2. The third-order valence-corrected chi connectivity index (χ3v) is 3.66. The number of nitrogens with one attached hydrogen (secondary N) is 2. The highest BCUT2D eigenvalue weighted by molar-refractivity contribution is 7.89. The van der Waals surface area contributed by atoms with E-state index in [0.29, 0.717) is 25.1 Å². The van der Waals surface area contributed by atoms with E-state index in [0.717, 1.165) is 0 Å². The molecular formula is C10H14ClF3N2O2S. The highest BCUT2D eigenvalue weighted by Crippen LogP contribution is 2.19. The van der Waals surface area contributed by atoms with Gasteiger partial charge in [-0.05, 0) is 32.1 Å². The molecule has 0 heterocycles. The summed E-state index contributed by atoms with van der Waals surface area (Å²) < 4.78 is 64.2. The van der Waals surface area contributed by atoms with Crippen LogP contribution in [0.2, 0.25) is 0 Å². The first-order valence-corrected chi connectivity index (χ1v) is 6.66. The molecule has 4 nitrogen and oxygen atoms in total. The van der Waals surface area contributed by atoms with E-state index in [2.05, 4.69) is 10.0 Å². The van der Waals surface area contributed by atoms with Crippen LogP contribution < -0.4 is 10.0 Å². The molecule has 0 aromatic heterocycles. The van der Waals surface area contributed by atoms with Gasteiger partial charge in [0.25, 0.3) is 0 Å². The van der Waals surface area contributed by atoms with Crippen molar-refractivity contribution in [2.75, 3.05) is 20.1 Å². The fourth-order valence-electron chi connectivity index (χ4n) is 1.27. The second kappa shape index (κ2) is 7.68. The summed E-state index contributed by atoms with van der Waals surface area (Å²) in [5.74, 6) is -4.94. The molecule has 1 aromatic rings. The van der Waals surface area contributed by atoms with Crippen molar-refractivity contribution in [3.63, 3.8) is 0 Å². The minimum Gasteiger partial charge on any atom is -0.320 e. The largest absolute Gasteiger partial charge is 0.320 e. The Morgan fingerprint density at radius 3 is 2.32 bits per heavy atom. The van der Waals surface area contributed by atoms with Gasteiger partial charge in [0.1, 0.15) is 4.90 Å². The maximum atomic E-state index is 13.3. The highest BCUT2D eigenvalue weighted by atomic mass is 35.5. The van der Waals surface area contributed by atoms with Crippen LogP contribution >= 0.6 is 12.4 Å². The molecular weight excluding hydrogens is 305 g/mol. The molecule has 0 unspecified atom stereocenters. The second-order valence-corrected chi connectivity index (χ2v) is 5.26.